The van der Waals surface area contributed by atoms with E-state index in [1.165, 1.54) is 31.2 Å². The van der Waals surface area contributed by atoms with Gasteiger partial charge in [0.25, 0.3) is 5.56 Å². The molecule has 0 aliphatic rings. The summed E-state index contributed by atoms with van der Waals surface area (Å²) in [6.07, 6.45) is 3.99. The summed E-state index contributed by atoms with van der Waals surface area (Å²) in [5.41, 5.74) is 6.10. The van der Waals surface area contributed by atoms with Crippen LogP contribution >= 0.6 is 0 Å². The van der Waals surface area contributed by atoms with Gasteiger partial charge in [-0.2, -0.15) is 10.4 Å². The summed E-state index contributed by atoms with van der Waals surface area (Å²) in [6.45, 7) is 8.02. The monoisotopic (exact) mass is 516 g/mol. The molecule has 0 saturated heterocycles. The van der Waals surface area contributed by atoms with Crippen LogP contribution in [0.1, 0.15) is 64.0 Å². The van der Waals surface area contributed by atoms with E-state index < -0.39 is 15.6 Å². The van der Waals surface area contributed by atoms with Crippen LogP contribution in [0.15, 0.2) is 44.2 Å². The van der Waals surface area contributed by atoms with Crippen molar-refractivity contribution in [3.8, 4) is 11.9 Å². The van der Waals surface area contributed by atoms with Gasteiger partial charge in [0.2, 0.25) is 15.9 Å². The number of azo groups is 1. The summed E-state index contributed by atoms with van der Waals surface area (Å²) in [5, 5.41) is 28.2. The van der Waals surface area contributed by atoms with Crippen LogP contribution in [-0.4, -0.2) is 30.7 Å². The van der Waals surface area contributed by atoms with Crippen molar-refractivity contribution >= 4 is 21.4 Å². The van der Waals surface area contributed by atoms with Crippen molar-refractivity contribution in [3.63, 3.8) is 0 Å². The topological polar surface area (TPSA) is 163 Å². The number of aromatic nitrogens is 1. The molecule has 0 spiro atoms. The smallest absolute Gasteiger partial charge is 0.271 e. The molecular weight excluding hydrogens is 480 g/mol. The predicted molar refractivity (Wildman–Crippen MR) is 139 cm³/mol. The van der Waals surface area contributed by atoms with Crippen LogP contribution in [0, 0.1) is 24.2 Å². The van der Waals surface area contributed by atoms with Gasteiger partial charge < -0.3 is 10.8 Å². The number of nitrogens with two attached hydrogens (primary N) is 1. The molecule has 1 heterocycles. The predicted octanol–water partition coefficient (Wildman–Crippen LogP) is 4.38. The molecule has 2 atom stereocenters. The van der Waals surface area contributed by atoms with Gasteiger partial charge in [-0.25, -0.2) is 13.1 Å². The normalized spacial score (nSPS) is 13.6. The standard InChI is InChI=1S/C25H36N6O4S/c1-5-8-14-31-24(32)21(15-26)17(4)23(25(31)33)30-29-19-10-12-20(13-11-19)36(34,35)28-16-18(7-3)22(27)9-6-2/h10-13,18,22,28,33H,5-9,14,16,27H2,1-4H3/b30-29+. The SMILES string of the molecule is CCCCn1c(O)c(/N=N/c2ccc(S(=O)(=O)NCC(CC)C(N)CCC)cc2)c(C)c(C#N)c1=O. The number of nitrogens with zero attached hydrogens (tertiary/aromatic N) is 4. The molecule has 0 bridgehead atoms. The number of nitriles is 1. The molecule has 0 aliphatic heterocycles. The van der Waals surface area contributed by atoms with E-state index in [1.54, 1.807) is 0 Å². The molecule has 1 aromatic heterocycles. The van der Waals surface area contributed by atoms with Crippen molar-refractivity contribution in [2.75, 3.05) is 6.54 Å². The van der Waals surface area contributed by atoms with Gasteiger partial charge in [0.15, 0.2) is 5.69 Å². The molecule has 196 valence electrons. The van der Waals surface area contributed by atoms with E-state index in [2.05, 4.69) is 15.0 Å². The number of hydrogen-bond acceptors (Lipinski definition) is 8. The average molecular weight is 517 g/mol. The molecule has 2 rings (SSSR count). The van der Waals surface area contributed by atoms with Crippen LogP contribution < -0.4 is 16.0 Å². The van der Waals surface area contributed by atoms with Gasteiger partial charge in [0, 0.05) is 24.7 Å². The zero-order chi connectivity index (χ0) is 26.9. The third-order valence-electron chi connectivity index (χ3n) is 6.20. The molecule has 11 heteroatoms. The first-order valence-electron chi connectivity index (χ1n) is 12.2. The number of aromatic hydroxyl groups is 1. The minimum absolute atomic E-state index is 0.0228. The van der Waals surface area contributed by atoms with E-state index in [9.17, 15) is 23.6 Å². The Morgan fingerprint density at radius 2 is 1.83 bits per heavy atom. The Kier molecular flexibility index (Phi) is 10.8. The van der Waals surface area contributed by atoms with Crippen molar-refractivity contribution in [2.24, 2.45) is 21.9 Å². The van der Waals surface area contributed by atoms with Crippen molar-refractivity contribution in [1.29, 1.82) is 5.26 Å². The minimum atomic E-state index is -3.73. The van der Waals surface area contributed by atoms with E-state index >= 15 is 0 Å². The summed E-state index contributed by atoms with van der Waals surface area (Å²) < 4.78 is 29.2. The number of benzene rings is 1. The summed E-state index contributed by atoms with van der Waals surface area (Å²) >= 11 is 0. The van der Waals surface area contributed by atoms with Gasteiger partial charge >= 0.3 is 0 Å². The second-order valence-electron chi connectivity index (χ2n) is 8.76. The molecule has 0 saturated carbocycles. The van der Waals surface area contributed by atoms with Gasteiger partial charge in [-0.1, -0.05) is 40.0 Å². The largest absolute Gasteiger partial charge is 0.493 e. The molecule has 10 nitrogen and oxygen atoms in total. The molecule has 1 aromatic carbocycles. The third-order valence-corrected chi connectivity index (χ3v) is 7.64. The Labute approximate surface area is 212 Å². The zero-order valence-electron chi connectivity index (χ0n) is 21.4. The summed E-state index contributed by atoms with van der Waals surface area (Å²) in [4.78, 5) is 12.6. The Balaban J connectivity index is 2.26. The highest BCUT2D eigenvalue weighted by molar-refractivity contribution is 7.89. The molecule has 36 heavy (non-hydrogen) atoms. The number of hydrogen-bond donors (Lipinski definition) is 3. The Morgan fingerprint density at radius 3 is 2.39 bits per heavy atom. The van der Waals surface area contributed by atoms with E-state index in [1.807, 2.05) is 26.8 Å². The van der Waals surface area contributed by atoms with Gasteiger partial charge in [0.05, 0.1) is 10.6 Å². The van der Waals surface area contributed by atoms with Gasteiger partial charge in [0.1, 0.15) is 11.6 Å². The summed E-state index contributed by atoms with van der Waals surface area (Å²) in [5.74, 6) is -0.313. The Hall–Kier alpha value is -3.07. The van der Waals surface area contributed by atoms with Crippen LogP contribution in [0.5, 0.6) is 5.88 Å². The van der Waals surface area contributed by atoms with E-state index in [-0.39, 0.29) is 52.6 Å². The maximum Gasteiger partial charge on any atom is 0.271 e. The number of rotatable bonds is 13. The first-order valence-corrected chi connectivity index (χ1v) is 13.7. The number of nitrogens with one attached hydrogen (secondary N) is 1. The average Bonchev–Trinajstić information content (AvgIpc) is 2.85. The fourth-order valence-corrected chi connectivity index (χ4v) is 4.94. The molecule has 2 unspecified atom stereocenters. The van der Waals surface area contributed by atoms with Gasteiger partial charge in [-0.15, -0.1) is 5.11 Å². The lowest BCUT2D eigenvalue weighted by Crippen LogP contribution is -2.38. The molecule has 0 aliphatic carbocycles. The molecule has 0 amide bonds. The Bertz CT molecular complexity index is 1260. The van der Waals surface area contributed by atoms with Crippen LogP contribution in [-0.2, 0) is 16.6 Å². The highest BCUT2D eigenvalue weighted by Gasteiger charge is 2.21. The fraction of sp³-hybridized carbons (Fsp3) is 0.520. The second-order valence-corrected chi connectivity index (χ2v) is 10.5. The van der Waals surface area contributed by atoms with Crippen LogP contribution in [0.4, 0.5) is 11.4 Å². The molecule has 0 fully saturated rings. The maximum absolute atomic E-state index is 12.7. The third kappa shape index (κ3) is 7.00. The van der Waals surface area contributed by atoms with Crippen LogP contribution in [0.25, 0.3) is 0 Å². The summed E-state index contributed by atoms with van der Waals surface area (Å²) in [6, 6.07) is 7.62. The first-order chi connectivity index (χ1) is 17.1. The fourth-order valence-electron chi connectivity index (χ4n) is 3.85. The lowest BCUT2D eigenvalue weighted by atomic mass is 9.94. The van der Waals surface area contributed by atoms with Crippen molar-refractivity contribution < 1.29 is 13.5 Å². The Morgan fingerprint density at radius 1 is 1.17 bits per heavy atom. The van der Waals surface area contributed by atoms with Gasteiger partial charge in [-0.05, 0) is 49.9 Å². The van der Waals surface area contributed by atoms with Crippen molar-refractivity contribution in [3.05, 3.63) is 45.7 Å². The molecule has 2 aromatic rings. The van der Waals surface area contributed by atoms with Crippen molar-refractivity contribution in [1.82, 2.24) is 9.29 Å². The highest BCUT2D eigenvalue weighted by atomic mass is 32.2. The van der Waals surface area contributed by atoms with Crippen LogP contribution in [0.3, 0.4) is 0 Å². The van der Waals surface area contributed by atoms with Crippen LogP contribution in [0.2, 0.25) is 0 Å². The van der Waals surface area contributed by atoms with E-state index in [0.717, 1.165) is 30.3 Å². The molecule has 4 N–H and O–H groups in total. The van der Waals surface area contributed by atoms with Gasteiger partial charge in [-0.3, -0.25) is 9.36 Å². The first kappa shape index (κ1) is 29.2. The highest BCUT2D eigenvalue weighted by Crippen LogP contribution is 2.32. The molecular formula is C25H36N6O4S. The number of pyridine rings is 1. The number of unbranched alkanes of at least 4 members (excludes halogenated alkanes) is 1. The maximum atomic E-state index is 12.7. The lowest BCUT2D eigenvalue weighted by Gasteiger charge is -2.22. The number of sulfonamides is 1. The minimum Gasteiger partial charge on any atom is -0.493 e. The summed E-state index contributed by atoms with van der Waals surface area (Å²) in [7, 11) is -3.73. The van der Waals surface area contributed by atoms with E-state index in [0.29, 0.717) is 12.1 Å². The van der Waals surface area contributed by atoms with Crippen molar-refractivity contribution in [2.45, 2.75) is 77.3 Å². The van der Waals surface area contributed by atoms with E-state index in [4.69, 9.17) is 5.73 Å². The molecule has 0 radical (unpaired) electrons. The second kappa shape index (κ2) is 13.3. The lowest BCUT2D eigenvalue weighted by molar-refractivity contribution is 0.383. The quantitative estimate of drug-likeness (QED) is 0.334. The zero-order valence-corrected chi connectivity index (χ0v) is 22.2.